The Morgan fingerprint density at radius 1 is 1.17 bits per heavy atom. The predicted octanol–water partition coefficient (Wildman–Crippen LogP) is 5.32. The van der Waals surface area contributed by atoms with E-state index < -0.39 is 4.92 Å². The Hall–Kier alpha value is -3.46. The van der Waals surface area contributed by atoms with E-state index in [1.165, 1.54) is 32.1 Å². The zero-order chi connectivity index (χ0) is 24.7. The zero-order valence-electron chi connectivity index (χ0n) is 20.1. The summed E-state index contributed by atoms with van der Waals surface area (Å²) in [7, 11) is 1.54. The summed E-state index contributed by atoms with van der Waals surface area (Å²) in [5.74, 6) is 0.460. The summed E-state index contributed by atoms with van der Waals surface area (Å²) in [6.07, 6.45) is 6.50. The summed E-state index contributed by atoms with van der Waals surface area (Å²) in [5, 5.41) is 15.6. The van der Waals surface area contributed by atoms with E-state index in [9.17, 15) is 10.1 Å². The van der Waals surface area contributed by atoms with Gasteiger partial charge in [-0.25, -0.2) is 0 Å². The highest BCUT2D eigenvalue weighted by Crippen LogP contribution is 2.45. The highest BCUT2D eigenvalue weighted by Gasteiger charge is 2.44. The number of ether oxygens (including phenoxy) is 1. The van der Waals surface area contributed by atoms with Crippen LogP contribution in [-0.4, -0.2) is 37.6 Å². The van der Waals surface area contributed by atoms with Gasteiger partial charge in [-0.15, -0.1) is 0 Å². The number of thiocarbonyl (C=S) groups is 1. The van der Waals surface area contributed by atoms with Crippen molar-refractivity contribution in [3.05, 3.63) is 81.4 Å². The Labute approximate surface area is 210 Å². The van der Waals surface area contributed by atoms with E-state index in [0.717, 1.165) is 46.3 Å². The summed E-state index contributed by atoms with van der Waals surface area (Å²) in [6, 6.07) is 13.2. The standard InChI is InChI=1S/C26H29N5O3S/c1-16-14-20(17(2)29(16)22-12-11-19(31(32)33)15-23(22)34-3)25-24(21-10-6-7-13-27-21)28-26(35)30(25)18-8-4-5-9-18/h6-7,10-15,18,24-25H,4-5,8-9H2,1-3H3,(H,28,35)/t24-,25-/m0/s1. The summed E-state index contributed by atoms with van der Waals surface area (Å²) in [4.78, 5) is 18.0. The number of nitro benzene ring substituents is 1. The molecule has 5 rings (SSSR count). The second-order valence-corrected chi connectivity index (χ2v) is 9.63. The van der Waals surface area contributed by atoms with Crippen LogP contribution in [0.5, 0.6) is 5.75 Å². The number of hydrogen-bond donors (Lipinski definition) is 1. The van der Waals surface area contributed by atoms with Crippen LogP contribution < -0.4 is 10.1 Å². The second-order valence-electron chi connectivity index (χ2n) is 9.25. The second kappa shape index (κ2) is 9.30. The summed E-state index contributed by atoms with van der Waals surface area (Å²) >= 11 is 5.88. The third kappa shape index (κ3) is 4.03. The highest BCUT2D eigenvalue weighted by atomic mass is 32.1. The van der Waals surface area contributed by atoms with Gasteiger partial charge in [-0.05, 0) is 68.7 Å². The van der Waals surface area contributed by atoms with Crippen molar-refractivity contribution in [1.82, 2.24) is 19.8 Å². The van der Waals surface area contributed by atoms with Crippen molar-refractivity contribution in [3.8, 4) is 11.4 Å². The quantitative estimate of drug-likeness (QED) is 0.284. The molecule has 35 heavy (non-hydrogen) atoms. The maximum Gasteiger partial charge on any atom is 0.273 e. The lowest BCUT2D eigenvalue weighted by atomic mass is 9.95. The summed E-state index contributed by atoms with van der Waals surface area (Å²) < 4.78 is 7.68. The normalized spacial score (nSPS) is 20.3. The van der Waals surface area contributed by atoms with Crippen molar-refractivity contribution >= 4 is 23.0 Å². The van der Waals surface area contributed by atoms with Gasteiger partial charge in [0.1, 0.15) is 5.75 Å². The van der Waals surface area contributed by atoms with Crippen molar-refractivity contribution in [2.75, 3.05) is 7.11 Å². The lowest BCUT2D eigenvalue weighted by Crippen LogP contribution is -2.37. The first kappa shape index (κ1) is 23.3. The minimum atomic E-state index is -0.408. The molecule has 0 amide bonds. The van der Waals surface area contributed by atoms with Crippen LogP contribution >= 0.6 is 12.2 Å². The van der Waals surface area contributed by atoms with Gasteiger partial charge in [0.05, 0.1) is 41.6 Å². The van der Waals surface area contributed by atoms with Crippen LogP contribution in [0.3, 0.4) is 0 Å². The predicted molar refractivity (Wildman–Crippen MR) is 138 cm³/mol. The molecule has 3 aromatic rings. The number of nitro groups is 1. The molecule has 0 unspecified atom stereocenters. The summed E-state index contributed by atoms with van der Waals surface area (Å²) in [6.45, 7) is 4.14. The molecule has 1 aromatic carbocycles. The maximum atomic E-state index is 11.3. The molecule has 9 heteroatoms. The fraction of sp³-hybridized carbons (Fsp3) is 0.385. The monoisotopic (exact) mass is 491 g/mol. The van der Waals surface area contributed by atoms with Gasteiger partial charge in [0, 0.05) is 29.7 Å². The van der Waals surface area contributed by atoms with E-state index in [4.69, 9.17) is 17.0 Å². The third-order valence-corrected chi connectivity index (χ3v) is 7.59. The molecule has 1 saturated heterocycles. The van der Waals surface area contributed by atoms with Crippen LogP contribution in [-0.2, 0) is 0 Å². The van der Waals surface area contributed by atoms with Crippen LogP contribution in [0.15, 0.2) is 48.7 Å². The number of nitrogens with one attached hydrogen (secondary N) is 1. The van der Waals surface area contributed by atoms with Gasteiger partial charge >= 0.3 is 0 Å². The molecule has 2 aromatic heterocycles. The molecular weight excluding hydrogens is 462 g/mol. The van der Waals surface area contributed by atoms with E-state index >= 15 is 0 Å². The first-order chi connectivity index (χ1) is 16.9. The van der Waals surface area contributed by atoms with Crippen molar-refractivity contribution in [3.63, 3.8) is 0 Å². The molecule has 0 bridgehead atoms. The number of methoxy groups -OCH3 is 1. The Morgan fingerprint density at radius 2 is 1.94 bits per heavy atom. The fourth-order valence-electron chi connectivity index (χ4n) is 5.70. The topological polar surface area (TPSA) is 85.5 Å². The molecule has 3 heterocycles. The van der Waals surface area contributed by atoms with Crippen molar-refractivity contribution in [2.45, 2.75) is 57.7 Å². The Balaban J connectivity index is 1.64. The fourth-order valence-corrected chi connectivity index (χ4v) is 6.09. The van der Waals surface area contributed by atoms with E-state index in [2.05, 4.69) is 32.8 Å². The maximum absolute atomic E-state index is 11.3. The van der Waals surface area contributed by atoms with Gasteiger partial charge in [0.2, 0.25) is 0 Å². The molecule has 8 nitrogen and oxygen atoms in total. The smallest absolute Gasteiger partial charge is 0.273 e. The molecule has 182 valence electrons. The number of nitrogens with zero attached hydrogens (tertiary/aromatic N) is 4. The Morgan fingerprint density at radius 3 is 2.60 bits per heavy atom. The average molecular weight is 492 g/mol. The van der Waals surface area contributed by atoms with Gasteiger partial charge in [-0.1, -0.05) is 18.9 Å². The highest BCUT2D eigenvalue weighted by molar-refractivity contribution is 7.80. The SMILES string of the molecule is COc1cc([N+](=O)[O-])ccc1-n1c(C)cc([C@H]2[C@H](c3ccccn3)NC(=S)N2C2CCCC2)c1C. The minimum Gasteiger partial charge on any atom is -0.494 e. The number of aryl methyl sites for hydroxylation is 1. The van der Waals surface area contributed by atoms with Crippen molar-refractivity contribution < 1.29 is 9.66 Å². The van der Waals surface area contributed by atoms with Gasteiger partial charge in [0.15, 0.2) is 5.11 Å². The molecular formula is C26H29N5O3S. The molecule has 1 aliphatic heterocycles. The molecule has 0 radical (unpaired) electrons. The van der Waals surface area contributed by atoms with Crippen molar-refractivity contribution in [2.24, 2.45) is 0 Å². The van der Waals surface area contributed by atoms with Crippen LogP contribution in [0.4, 0.5) is 5.69 Å². The van der Waals surface area contributed by atoms with Crippen LogP contribution in [0.1, 0.15) is 60.4 Å². The molecule has 1 saturated carbocycles. The van der Waals surface area contributed by atoms with E-state index in [0.29, 0.717) is 11.8 Å². The van der Waals surface area contributed by atoms with Crippen molar-refractivity contribution in [1.29, 1.82) is 0 Å². The summed E-state index contributed by atoms with van der Waals surface area (Å²) in [5.41, 5.74) is 4.97. The number of hydrogen-bond acceptors (Lipinski definition) is 5. The number of benzene rings is 1. The lowest BCUT2D eigenvalue weighted by Gasteiger charge is -2.33. The van der Waals surface area contributed by atoms with Crippen LogP contribution in [0.25, 0.3) is 5.69 Å². The first-order valence-electron chi connectivity index (χ1n) is 11.9. The lowest BCUT2D eigenvalue weighted by molar-refractivity contribution is -0.384. The molecule has 2 aliphatic rings. The molecule has 2 fully saturated rings. The Bertz CT molecular complexity index is 1270. The molecule has 1 N–H and O–H groups in total. The Kier molecular flexibility index (Phi) is 6.19. The largest absolute Gasteiger partial charge is 0.494 e. The first-order valence-corrected chi connectivity index (χ1v) is 12.3. The van der Waals surface area contributed by atoms with Gasteiger partial charge in [0.25, 0.3) is 5.69 Å². The molecule has 2 atom stereocenters. The van der Waals surface area contributed by atoms with E-state index in [-0.39, 0.29) is 17.8 Å². The van der Waals surface area contributed by atoms with Crippen LogP contribution in [0.2, 0.25) is 0 Å². The van der Waals surface area contributed by atoms with Gasteiger partial charge in [-0.2, -0.15) is 0 Å². The van der Waals surface area contributed by atoms with E-state index in [1.54, 1.807) is 6.07 Å². The van der Waals surface area contributed by atoms with Gasteiger partial charge in [-0.3, -0.25) is 15.1 Å². The zero-order valence-corrected chi connectivity index (χ0v) is 20.9. The third-order valence-electron chi connectivity index (χ3n) is 7.26. The van der Waals surface area contributed by atoms with Crippen LogP contribution in [0, 0.1) is 24.0 Å². The number of aromatic nitrogens is 2. The molecule has 0 spiro atoms. The van der Waals surface area contributed by atoms with Gasteiger partial charge < -0.3 is 19.5 Å². The average Bonchev–Trinajstić information content (AvgIpc) is 3.57. The number of non-ortho nitro benzene ring substituents is 1. The minimum absolute atomic E-state index is 0.00116. The number of rotatable bonds is 6. The van der Waals surface area contributed by atoms with E-state index in [1.807, 2.05) is 31.3 Å². The number of pyridine rings is 1. The molecule has 1 aliphatic carbocycles.